The van der Waals surface area contributed by atoms with E-state index in [1.165, 1.54) is 7.11 Å². The van der Waals surface area contributed by atoms with E-state index >= 15 is 0 Å². The van der Waals surface area contributed by atoms with Gasteiger partial charge in [0.15, 0.2) is 16.9 Å². The van der Waals surface area contributed by atoms with Gasteiger partial charge in [-0.1, -0.05) is 17.7 Å². The number of benzene rings is 2. The van der Waals surface area contributed by atoms with Crippen LogP contribution in [-0.2, 0) is 0 Å². The Labute approximate surface area is 183 Å². The first-order chi connectivity index (χ1) is 15.0. The predicted molar refractivity (Wildman–Crippen MR) is 116 cm³/mol. The highest BCUT2D eigenvalue weighted by Gasteiger charge is 2.42. The smallest absolute Gasteiger partial charge is 0.290 e. The molecule has 0 saturated carbocycles. The molecule has 7 nitrogen and oxygen atoms in total. The number of ether oxygens (including phenoxy) is 2. The van der Waals surface area contributed by atoms with Crippen LogP contribution < -0.4 is 14.9 Å². The molecule has 0 bridgehead atoms. The van der Waals surface area contributed by atoms with Crippen molar-refractivity contribution in [3.8, 4) is 11.5 Å². The predicted octanol–water partition coefficient (Wildman–Crippen LogP) is 3.78. The third-order valence-corrected chi connectivity index (χ3v) is 5.52. The van der Waals surface area contributed by atoms with Crippen LogP contribution in [0.3, 0.4) is 0 Å². The van der Waals surface area contributed by atoms with E-state index < -0.39 is 11.9 Å². The summed E-state index contributed by atoms with van der Waals surface area (Å²) in [6.45, 7) is 2.52. The number of carbonyl (C=O) groups is 1. The molecule has 2 heterocycles. The molecule has 1 aliphatic heterocycles. The van der Waals surface area contributed by atoms with Gasteiger partial charge < -0.3 is 23.9 Å². The number of carbonyl (C=O) groups excluding carboxylic acids is 1. The number of hydrogen-bond acceptors (Lipinski definition) is 6. The summed E-state index contributed by atoms with van der Waals surface area (Å²) in [4.78, 5) is 28.2. The number of hydrogen-bond donors (Lipinski definition) is 1. The average molecular weight is 444 g/mol. The van der Waals surface area contributed by atoms with E-state index in [0.717, 1.165) is 0 Å². The minimum atomic E-state index is -0.682. The van der Waals surface area contributed by atoms with Crippen LogP contribution in [0.25, 0.3) is 11.0 Å². The van der Waals surface area contributed by atoms with Crippen LogP contribution >= 0.6 is 11.6 Å². The molecule has 1 unspecified atom stereocenters. The van der Waals surface area contributed by atoms with Crippen molar-refractivity contribution in [3.05, 3.63) is 68.5 Å². The zero-order chi connectivity index (χ0) is 22.1. The Balaban J connectivity index is 1.94. The molecular formula is C23H22ClNO6. The second-order valence-corrected chi connectivity index (χ2v) is 7.57. The van der Waals surface area contributed by atoms with Crippen LogP contribution in [0.4, 0.5) is 0 Å². The Bertz CT molecular complexity index is 1200. The summed E-state index contributed by atoms with van der Waals surface area (Å²) in [6.07, 6.45) is 0.365. The van der Waals surface area contributed by atoms with E-state index in [0.29, 0.717) is 46.1 Å². The second-order valence-electron chi connectivity index (χ2n) is 7.14. The van der Waals surface area contributed by atoms with Gasteiger partial charge in [0.25, 0.3) is 5.91 Å². The third kappa shape index (κ3) is 3.64. The molecule has 0 fully saturated rings. The molecule has 162 valence electrons. The topological polar surface area (TPSA) is 89.2 Å². The van der Waals surface area contributed by atoms with Gasteiger partial charge in [-0.15, -0.1) is 0 Å². The van der Waals surface area contributed by atoms with E-state index in [4.69, 9.17) is 25.5 Å². The van der Waals surface area contributed by atoms with Crippen LogP contribution in [-0.4, -0.2) is 42.8 Å². The highest BCUT2D eigenvalue weighted by atomic mass is 35.5. The standard InChI is InChI=1S/C23H22ClNO6/c1-3-30-17-7-5-13(11-18(17)29-2)20-19-21(27)15-12-14(24)6-8-16(15)31-22(19)23(28)25(20)9-4-10-26/h5-8,11-12,20,26H,3-4,9-10H2,1-2H3. The number of methoxy groups -OCH3 is 1. The van der Waals surface area contributed by atoms with Gasteiger partial charge in [0.2, 0.25) is 5.76 Å². The Morgan fingerprint density at radius 2 is 1.97 bits per heavy atom. The molecular weight excluding hydrogens is 422 g/mol. The number of rotatable bonds is 7. The first-order valence-corrected chi connectivity index (χ1v) is 10.4. The zero-order valence-electron chi connectivity index (χ0n) is 17.2. The van der Waals surface area contributed by atoms with Gasteiger partial charge in [-0.05, 0) is 49.2 Å². The summed E-state index contributed by atoms with van der Waals surface area (Å²) in [6, 6.07) is 9.36. The Hall–Kier alpha value is -3.03. The molecule has 1 aliphatic rings. The lowest BCUT2D eigenvalue weighted by atomic mass is 9.98. The van der Waals surface area contributed by atoms with Crippen LogP contribution in [0.1, 0.15) is 41.1 Å². The van der Waals surface area contributed by atoms with E-state index in [1.807, 2.05) is 6.92 Å². The molecule has 0 radical (unpaired) electrons. The first kappa shape index (κ1) is 21.2. The maximum Gasteiger partial charge on any atom is 0.290 e. The molecule has 1 aromatic heterocycles. The fraction of sp³-hybridized carbons (Fsp3) is 0.304. The molecule has 2 aromatic carbocycles. The number of aliphatic hydroxyl groups excluding tert-OH is 1. The van der Waals surface area contributed by atoms with Gasteiger partial charge in [-0.3, -0.25) is 9.59 Å². The third-order valence-electron chi connectivity index (χ3n) is 5.29. The number of aliphatic hydroxyl groups is 1. The van der Waals surface area contributed by atoms with E-state index in [-0.39, 0.29) is 29.9 Å². The van der Waals surface area contributed by atoms with Crippen molar-refractivity contribution in [1.82, 2.24) is 4.90 Å². The molecule has 0 aliphatic carbocycles. The number of amides is 1. The molecule has 4 rings (SSSR count). The van der Waals surface area contributed by atoms with Gasteiger partial charge in [0.1, 0.15) is 5.58 Å². The number of halogens is 1. The molecule has 0 saturated heterocycles. The molecule has 3 aromatic rings. The summed E-state index contributed by atoms with van der Waals surface area (Å²) in [7, 11) is 1.53. The second kappa shape index (κ2) is 8.61. The van der Waals surface area contributed by atoms with Gasteiger partial charge in [-0.25, -0.2) is 0 Å². The largest absolute Gasteiger partial charge is 0.493 e. The molecule has 1 amide bonds. The van der Waals surface area contributed by atoms with Crippen LogP contribution in [0, 0.1) is 0 Å². The quantitative estimate of drug-likeness (QED) is 0.597. The highest BCUT2D eigenvalue weighted by Crippen LogP contribution is 2.41. The first-order valence-electron chi connectivity index (χ1n) is 9.99. The van der Waals surface area contributed by atoms with E-state index in [2.05, 4.69) is 0 Å². The normalized spacial score (nSPS) is 15.4. The van der Waals surface area contributed by atoms with Gasteiger partial charge >= 0.3 is 0 Å². The monoisotopic (exact) mass is 443 g/mol. The fourth-order valence-corrected chi connectivity index (χ4v) is 4.11. The summed E-state index contributed by atoms with van der Waals surface area (Å²) < 4.78 is 16.9. The van der Waals surface area contributed by atoms with Crippen molar-refractivity contribution >= 4 is 28.5 Å². The lowest BCUT2D eigenvalue weighted by Gasteiger charge is -2.25. The van der Waals surface area contributed by atoms with Crippen LogP contribution in [0.15, 0.2) is 45.6 Å². The Morgan fingerprint density at radius 3 is 2.68 bits per heavy atom. The number of fused-ring (bicyclic) bond motifs is 2. The molecule has 8 heteroatoms. The van der Waals surface area contributed by atoms with E-state index in [1.54, 1.807) is 41.3 Å². The zero-order valence-corrected chi connectivity index (χ0v) is 17.9. The number of nitrogens with zero attached hydrogens (tertiary/aromatic N) is 1. The summed E-state index contributed by atoms with van der Waals surface area (Å²) >= 11 is 6.09. The van der Waals surface area contributed by atoms with Crippen LogP contribution in [0.5, 0.6) is 11.5 Å². The lowest BCUT2D eigenvalue weighted by Crippen LogP contribution is -2.31. The van der Waals surface area contributed by atoms with Crippen LogP contribution in [0.2, 0.25) is 5.02 Å². The van der Waals surface area contributed by atoms with Crippen molar-refractivity contribution in [2.24, 2.45) is 0 Å². The fourth-order valence-electron chi connectivity index (χ4n) is 3.94. The summed E-state index contributed by atoms with van der Waals surface area (Å²) in [5.74, 6) is 0.680. The van der Waals surface area contributed by atoms with Crippen molar-refractivity contribution in [2.75, 3.05) is 26.9 Å². The SMILES string of the molecule is CCOc1ccc(C2c3c(oc4ccc(Cl)cc4c3=O)C(=O)N2CCCO)cc1OC. The van der Waals surface area contributed by atoms with Gasteiger partial charge in [0, 0.05) is 18.2 Å². The maximum absolute atomic E-state index is 13.4. The average Bonchev–Trinajstić information content (AvgIpc) is 3.05. The van der Waals surface area contributed by atoms with Crippen molar-refractivity contribution in [3.63, 3.8) is 0 Å². The molecule has 1 atom stereocenters. The summed E-state index contributed by atoms with van der Waals surface area (Å²) in [5.41, 5.74) is 0.924. The molecule has 0 spiro atoms. The minimum Gasteiger partial charge on any atom is -0.493 e. The van der Waals surface area contributed by atoms with Crippen molar-refractivity contribution in [1.29, 1.82) is 0 Å². The van der Waals surface area contributed by atoms with Gasteiger partial charge in [0.05, 0.1) is 30.7 Å². The molecule has 31 heavy (non-hydrogen) atoms. The van der Waals surface area contributed by atoms with Gasteiger partial charge in [-0.2, -0.15) is 0 Å². The Kier molecular flexibility index (Phi) is 5.89. The van der Waals surface area contributed by atoms with Crippen molar-refractivity contribution in [2.45, 2.75) is 19.4 Å². The maximum atomic E-state index is 13.4. The molecule has 1 N–H and O–H groups in total. The van der Waals surface area contributed by atoms with Crippen molar-refractivity contribution < 1.29 is 23.8 Å². The van der Waals surface area contributed by atoms with E-state index in [9.17, 15) is 14.7 Å². The highest BCUT2D eigenvalue weighted by molar-refractivity contribution is 6.31. The Morgan fingerprint density at radius 1 is 1.16 bits per heavy atom. The summed E-state index contributed by atoms with van der Waals surface area (Å²) in [5, 5.41) is 10.0. The minimum absolute atomic E-state index is 0.00983. The lowest BCUT2D eigenvalue weighted by molar-refractivity contribution is 0.0716.